The molecule has 0 spiro atoms. The van der Waals surface area contributed by atoms with Gasteiger partial charge in [0.1, 0.15) is 5.82 Å². The van der Waals surface area contributed by atoms with Gasteiger partial charge in [-0.3, -0.25) is 4.79 Å². The van der Waals surface area contributed by atoms with Crippen molar-refractivity contribution in [3.63, 3.8) is 0 Å². The van der Waals surface area contributed by atoms with Gasteiger partial charge in [0, 0.05) is 18.5 Å². The molecule has 0 aliphatic carbocycles. The molecule has 2 N–H and O–H groups in total. The topological polar surface area (TPSA) is 59.0 Å². The number of aromatic nitrogens is 2. The van der Waals surface area contributed by atoms with Gasteiger partial charge in [-0.05, 0) is 36.8 Å². The predicted octanol–water partition coefficient (Wildman–Crippen LogP) is 4.86. The number of halogens is 2. The van der Waals surface area contributed by atoms with E-state index in [0.29, 0.717) is 27.8 Å². The number of benzene rings is 2. The van der Waals surface area contributed by atoms with Gasteiger partial charge in [0.05, 0.1) is 33.6 Å². The molecule has 0 atom stereocenters. The Hall–Kier alpha value is -2.25. The van der Waals surface area contributed by atoms with Crippen LogP contribution in [0.15, 0.2) is 35.4 Å². The lowest BCUT2D eigenvalue weighted by atomic mass is 10.1. The van der Waals surface area contributed by atoms with Crippen molar-refractivity contribution in [3.05, 3.63) is 57.3 Å². The molecule has 0 saturated heterocycles. The molecule has 8 heteroatoms. The van der Waals surface area contributed by atoms with Crippen molar-refractivity contribution in [1.82, 2.24) is 9.55 Å². The lowest BCUT2D eigenvalue weighted by molar-refractivity contribution is 0.632. The first-order valence-electron chi connectivity index (χ1n) is 8.01. The summed E-state index contributed by atoms with van der Waals surface area (Å²) in [5, 5.41) is 3.78. The molecule has 3 aromatic rings. The average Bonchev–Trinajstić information content (AvgIpc) is 2.62. The normalized spacial score (nSPS) is 11.0. The van der Waals surface area contributed by atoms with Crippen LogP contribution in [0, 0.1) is 12.7 Å². The van der Waals surface area contributed by atoms with Crippen molar-refractivity contribution in [1.29, 1.82) is 0 Å². The third kappa shape index (κ3) is 3.37. The summed E-state index contributed by atoms with van der Waals surface area (Å²) in [4.78, 5) is 16.7. The fourth-order valence-electron chi connectivity index (χ4n) is 2.62. The van der Waals surface area contributed by atoms with Crippen LogP contribution >= 0.6 is 23.5 Å². The molecule has 5 nitrogen and oxygen atoms in total. The Bertz CT molecular complexity index is 1040. The van der Waals surface area contributed by atoms with Gasteiger partial charge < -0.3 is 14.6 Å². The standard InChI is InChI=1S/C18H18ClFN4OS/c1-4-26-23-14-6-5-11(20)17(16(14)19)22-12-7-8-13-15(10(12)2)18(25)24(3)9-21-13/h5-9,22-23H,4H2,1-3H3. The lowest BCUT2D eigenvalue weighted by Crippen LogP contribution is -2.18. The second-order valence-corrected chi connectivity index (χ2v) is 7.18. The van der Waals surface area contributed by atoms with Crippen molar-refractivity contribution in [3.8, 4) is 0 Å². The second kappa shape index (κ2) is 7.55. The minimum absolute atomic E-state index is 0.155. The Kier molecular flexibility index (Phi) is 5.38. The van der Waals surface area contributed by atoms with Crippen molar-refractivity contribution >= 4 is 51.5 Å². The molecule has 0 aliphatic heterocycles. The maximum absolute atomic E-state index is 14.4. The molecule has 0 radical (unpaired) electrons. The van der Waals surface area contributed by atoms with E-state index in [1.807, 2.05) is 6.92 Å². The number of hydrogen-bond acceptors (Lipinski definition) is 5. The Morgan fingerprint density at radius 2 is 2.00 bits per heavy atom. The van der Waals surface area contributed by atoms with E-state index in [1.165, 1.54) is 28.9 Å². The smallest absolute Gasteiger partial charge is 0.261 e. The highest BCUT2D eigenvalue weighted by atomic mass is 35.5. The SMILES string of the molecule is CCSNc1ccc(F)c(Nc2ccc3ncn(C)c(=O)c3c2C)c1Cl. The Labute approximate surface area is 159 Å². The van der Waals surface area contributed by atoms with Crippen LogP contribution in [0.4, 0.5) is 21.5 Å². The summed E-state index contributed by atoms with van der Waals surface area (Å²) in [6.07, 6.45) is 1.48. The van der Waals surface area contributed by atoms with Gasteiger partial charge in [0.2, 0.25) is 0 Å². The predicted molar refractivity (Wildman–Crippen MR) is 108 cm³/mol. The van der Waals surface area contributed by atoms with Gasteiger partial charge in [0.15, 0.2) is 0 Å². The van der Waals surface area contributed by atoms with Crippen LogP contribution in [0.25, 0.3) is 10.9 Å². The Morgan fingerprint density at radius 3 is 2.73 bits per heavy atom. The summed E-state index contributed by atoms with van der Waals surface area (Å²) in [5.74, 6) is 0.372. The van der Waals surface area contributed by atoms with E-state index in [2.05, 4.69) is 15.0 Å². The van der Waals surface area contributed by atoms with Gasteiger partial charge in [-0.25, -0.2) is 9.37 Å². The van der Waals surface area contributed by atoms with Crippen LogP contribution in [0.5, 0.6) is 0 Å². The minimum Gasteiger partial charge on any atom is -0.352 e. The summed E-state index contributed by atoms with van der Waals surface area (Å²) in [7, 11) is 1.64. The van der Waals surface area contributed by atoms with Crippen LogP contribution in [0.3, 0.4) is 0 Å². The van der Waals surface area contributed by atoms with Crippen molar-refractivity contribution in [2.45, 2.75) is 13.8 Å². The molecular formula is C18H18ClFN4OS. The zero-order valence-corrected chi connectivity index (χ0v) is 16.1. The maximum Gasteiger partial charge on any atom is 0.261 e. The number of hydrogen-bond donors (Lipinski definition) is 2. The van der Waals surface area contributed by atoms with E-state index in [9.17, 15) is 9.18 Å². The molecule has 0 aliphatic rings. The van der Waals surface area contributed by atoms with Gasteiger partial charge in [0.25, 0.3) is 5.56 Å². The molecule has 0 bridgehead atoms. The fraction of sp³-hybridized carbons (Fsp3) is 0.222. The first kappa shape index (κ1) is 18.5. The van der Waals surface area contributed by atoms with Crippen LogP contribution in [-0.4, -0.2) is 15.3 Å². The summed E-state index contributed by atoms with van der Waals surface area (Å²) in [5.41, 5.74) is 2.52. The average molecular weight is 393 g/mol. The summed E-state index contributed by atoms with van der Waals surface area (Å²) in [6.45, 7) is 3.80. The molecule has 3 rings (SSSR count). The van der Waals surface area contributed by atoms with Crippen LogP contribution < -0.4 is 15.6 Å². The quantitative estimate of drug-likeness (QED) is 0.607. The van der Waals surface area contributed by atoms with Gasteiger partial charge >= 0.3 is 0 Å². The summed E-state index contributed by atoms with van der Waals surface area (Å²) < 4.78 is 18.9. The molecular weight excluding hydrogens is 375 g/mol. The molecule has 1 heterocycles. The number of aryl methyl sites for hydroxylation is 2. The third-order valence-electron chi connectivity index (χ3n) is 4.02. The lowest BCUT2D eigenvalue weighted by Gasteiger charge is -2.16. The highest BCUT2D eigenvalue weighted by Gasteiger charge is 2.15. The Morgan fingerprint density at radius 1 is 1.27 bits per heavy atom. The van der Waals surface area contributed by atoms with Crippen LogP contribution in [0.1, 0.15) is 12.5 Å². The number of nitrogens with zero attached hydrogens (tertiary/aromatic N) is 2. The van der Waals surface area contributed by atoms with E-state index in [-0.39, 0.29) is 16.3 Å². The fourth-order valence-corrected chi connectivity index (χ4v) is 3.39. The molecule has 2 aromatic carbocycles. The number of fused-ring (bicyclic) bond motifs is 1. The van der Waals surface area contributed by atoms with Gasteiger partial charge in [-0.2, -0.15) is 0 Å². The van der Waals surface area contributed by atoms with Crippen molar-refractivity contribution in [2.75, 3.05) is 15.8 Å². The van der Waals surface area contributed by atoms with E-state index in [4.69, 9.17) is 11.6 Å². The Balaban J connectivity index is 2.08. The molecule has 0 unspecified atom stereocenters. The first-order valence-corrected chi connectivity index (χ1v) is 9.38. The maximum atomic E-state index is 14.4. The number of rotatable bonds is 5. The molecule has 0 saturated carbocycles. The van der Waals surface area contributed by atoms with Crippen molar-refractivity contribution < 1.29 is 4.39 Å². The molecule has 1 aromatic heterocycles. The van der Waals surface area contributed by atoms with Crippen molar-refractivity contribution in [2.24, 2.45) is 7.05 Å². The monoisotopic (exact) mass is 392 g/mol. The van der Waals surface area contributed by atoms with Crippen LogP contribution in [-0.2, 0) is 7.05 Å². The summed E-state index contributed by atoms with van der Waals surface area (Å²) in [6, 6.07) is 6.44. The number of nitrogens with one attached hydrogen (secondary N) is 2. The highest BCUT2D eigenvalue weighted by Crippen LogP contribution is 2.37. The van der Waals surface area contributed by atoms with E-state index < -0.39 is 5.82 Å². The number of anilines is 3. The summed E-state index contributed by atoms with van der Waals surface area (Å²) >= 11 is 7.84. The first-order chi connectivity index (χ1) is 12.4. The second-order valence-electron chi connectivity index (χ2n) is 5.74. The van der Waals surface area contributed by atoms with E-state index in [0.717, 1.165) is 5.75 Å². The zero-order valence-electron chi connectivity index (χ0n) is 14.6. The molecule has 136 valence electrons. The van der Waals surface area contributed by atoms with E-state index >= 15 is 0 Å². The molecule has 0 fully saturated rings. The van der Waals surface area contributed by atoms with E-state index in [1.54, 1.807) is 32.2 Å². The van der Waals surface area contributed by atoms with Gasteiger partial charge in [-0.1, -0.05) is 30.5 Å². The molecule has 26 heavy (non-hydrogen) atoms. The third-order valence-corrected chi connectivity index (χ3v) is 5.07. The highest BCUT2D eigenvalue weighted by molar-refractivity contribution is 8.00. The van der Waals surface area contributed by atoms with Crippen LogP contribution in [0.2, 0.25) is 5.02 Å². The van der Waals surface area contributed by atoms with Gasteiger partial charge in [-0.15, -0.1) is 0 Å². The zero-order chi connectivity index (χ0) is 18.8. The largest absolute Gasteiger partial charge is 0.352 e. The minimum atomic E-state index is -0.472. The molecule has 0 amide bonds.